The maximum atomic E-state index is 13.6. The molecule has 1 rings (SSSR count). The molecule has 0 spiro atoms. The molecule has 0 aromatic heterocycles. The highest BCUT2D eigenvalue weighted by Crippen LogP contribution is 2.60. The van der Waals surface area contributed by atoms with Gasteiger partial charge in [0.15, 0.2) is 5.78 Å². The summed E-state index contributed by atoms with van der Waals surface area (Å²) in [6.45, 7) is 8.71. The van der Waals surface area contributed by atoms with Gasteiger partial charge in [-0.05, 0) is 43.4 Å². The molecular formula is C27H46ClN2O5P. The highest BCUT2D eigenvalue weighted by atomic mass is 35.5. The van der Waals surface area contributed by atoms with Gasteiger partial charge in [0.1, 0.15) is 12.8 Å². The Labute approximate surface area is 224 Å². The van der Waals surface area contributed by atoms with E-state index in [9.17, 15) is 19.7 Å². The van der Waals surface area contributed by atoms with Crippen molar-refractivity contribution in [2.45, 2.75) is 98.1 Å². The van der Waals surface area contributed by atoms with E-state index in [0.717, 1.165) is 32.1 Å². The van der Waals surface area contributed by atoms with Crippen LogP contribution in [-0.4, -0.2) is 47.5 Å². The van der Waals surface area contributed by atoms with Gasteiger partial charge in [-0.15, -0.1) is 0 Å². The number of nitro groups is 1. The summed E-state index contributed by atoms with van der Waals surface area (Å²) in [6, 6.07) is 5.38. The van der Waals surface area contributed by atoms with Gasteiger partial charge in [0.05, 0.1) is 29.5 Å². The number of ether oxygens (including phenoxy) is 1. The molecule has 1 atom stereocenters. The number of amides is 1. The monoisotopic (exact) mass is 544 g/mol. The van der Waals surface area contributed by atoms with Crippen LogP contribution in [0.5, 0.6) is 0 Å². The summed E-state index contributed by atoms with van der Waals surface area (Å²) < 4.78 is 5.35. The first-order chi connectivity index (χ1) is 16.8. The van der Waals surface area contributed by atoms with E-state index in [1.165, 1.54) is 49.9 Å². The summed E-state index contributed by atoms with van der Waals surface area (Å²) in [5, 5.41) is 13.6. The smallest absolute Gasteiger partial charge is 0.408 e. The van der Waals surface area contributed by atoms with Crippen LogP contribution in [0.15, 0.2) is 24.3 Å². The highest BCUT2D eigenvalue weighted by Gasteiger charge is 2.40. The average molecular weight is 545 g/mol. The minimum atomic E-state index is -1.40. The van der Waals surface area contributed by atoms with Crippen LogP contribution in [0.4, 0.5) is 10.5 Å². The second-order valence-corrected chi connectivity index (χ2v) is 13.9. The first kappa shape index (κ1) is 34.3. The molecule has 0 heterocycles. The second kappa shape index (κ2) is 19.4. The lowest BCUT2D eigenvalue weighted by molar-refractivity contribution is -0.384. The van der Waals surface area contributed by atoms with Crippen LogP contribution in [0.1, 0.15) is 91.0 Å². The molecule has 206 valence electrons. The maximum absolute atomic E-state index is 13.6. The van der Waals surface area contributed by atoms with Crippen LogP contribution < -0.4 is 17.7 Å². The number of hydrogen-bond acceptors (Lipinski definition) is 5. The molecule has 0 saturated carbocycles. The molecule has 0 unspecified atom stereocenters. The van der Waals surface area contributed by atoms with Crippen molar-refractivity contribution >= 4 is 24.8 Å². The summed E-state index contributed by atoms with van der Waals surface area (Å²) in [5.74, 6) is 0.155. The summed E-state index contributed by atoms with van der Waals surface area (Å²) in [5.41, 5.74) is 0.648. The lowest BCUT2D eigenvalue weighted by Gasteiger charge is -2.29. The third-order valence-electron chi connectivity index (χ3n) is 6.49. The van der Waals surface area contributed by atoms with E-state index in [0.29, 0.717) is 18.1 Å². The van der Waals surface area contributed by atoms with Crippen molar-refractivity contribution in [3.63, 3.8) is 0 Å². The molecule has 0 aliphatic heterocycles. The largest absolute Gasteiger partial charge is 1.00 e. The van der Waals surface area contributed by atoms with E-state index in [-0.39, 0.29) is 30.5 Å². The molecule has 1 amide bonds. The van der Waals surface area contributed by atoms with E-state index in [4.69, 9.17) is 4.74 Å². The van der Waals surface area contributed by atoms with E-state index in [1.807, 2.05) is 0 Å². The van der Waals surface area contributed by atoms with E-state index < -0.39 is 24.3 Å². The van der Waals surface area contributed by atoms with Gasteiger partial charge in [0.25, 0.3) is 5.69 Å². The number of hydrogen-bond donors (Lipinski definition) is 1. The van der Waals surface area contributed by atoms with E-state index in [1.54, 1.807) is 12.1 Å². The Hall–Kier alpha value is -1.72. The second-order valence-electron chi connectivity index (χ2n) is 9.54. The molecule has 1 N–H and O–H groups in total. The molecule has 9 heteroatoms. The van der Waals surface area contributed by atoms with Crippen LogP contribution in [-0.2, 0) is 16.1 Å². The molecule has 7 nitrogen and oxygen atoms in total. The first-order valence-electron chi connectivity index (χ1n) is 13.3. The summed E-state index contributed by atoms with van der Waals surface area (Å²) in [7, 11) is -1.40. The number of nitrogens with one attached hydrogen (secondary N) is 1. The number of nitrogens with zero attached hydrogens (tertiary/aromatic N) is 1. The van der Waals surface area contributed by atoms with Gasteiger partial charge in [-0.2, -0.15) is 0 Å². The normalized spacial score (nSPS) is 11.9. The van der Waals surface area contributed by atoms with Crippen molar-refractivity contribution < 1.29 is 31.7 Å². The first-order valence-corrected chi connectivity index (χ1v) is 15.9. The SMILES string of the molecule is CCCC[C@H](NC(=O)OCc1ccc([N+](=O)[O-])cc1)C(=O)C[P+](CCCC)(CCCC)CCCC.[Cl-]. The van der Waals surface area contributed by atoms with Gasteiger partial charge in [0, 0.05) is 19.4 Å². The molecular weight excluding hydrogens is 499 g/mol. The zero-order valence-electron chi connectivity index (χ0n) is 22.6. The molecule has 0 fully saturated rings. The van der Waals surface area contributed by atoms with Crippen molar-refractivity contribution in [3.8, 4) is 0 Å². The number of carbonyl (C=O) groups is 2. The van der Waals surface area contributed by atoms with Gasteiger partial charge < -0.3 is 22.5 Å². The van der Waals surface area contributed by atoms with Crippen molar-refractivity contribution in [2.75, 3.05) is 24.6 Å². The third-order valence-corrected chi connectivity index (χ3v) is 11.3. The molecule has 0 aliphatic carbocycles. The topological polar surface area (TPSA) is 98.5 Å². The molecule has 1 aromatic rings. The van der Waals surface area contributed by atoms with Crippen LogP contribution in [0.2, 0.25) is 0 Å². The number of nitro benzene ring substituents is 1. The third kappa shape index (κ3) is 13.0. The number of alkyl carbamates (subject to hydrolysis) is 1. The fraction of sp³-hybridized carbons (Fsp3) is 0.704. The lowest BCUT2D eigenvalue weighted by Crippen LogP contribution is -3.00. The van der Waals surface area contributed by atoms with Gasteiger partial charge in [-0.1, -0.05) is 59.8 Å². The number of ketones is 1. The van der Waals surface area contributed by atoms with E-state index in [2.05, 4.69) is 33.0 Å². The Morgan fingerprint density at radius 3 is 1.86 bits per heavy atom. The number of carbonyl (C=O) groups excluding carboxylic acids is 2. The Balaban J connectivity index is 0.0000122. The molecule has 0 saturated heterocycles. The molecule has 0 radical (unpaired) electrons. The Morgan fingerprint density at radius 1 is 0.917 bits per heavy atom. The Kier molecular flexibility index (Phi) is 18.5. The number of halogens is 1. The Morgan fingerprint density at radius 2 is 1.42 bits per heavy atom. The molecule has 0 bridgehead atoms. The zero-order valence-corrected chi connectivity index (χ0v) is 24.3. The van der Waals surface area contributed by atoms with Gasteiger partial charge in [-0.25, -0.2) is 4.79 Å². The fourth-order valence-electron chi connectivity index (χ4n) is 4.26. The standard InChI is InChI=1S/C27H45N2O5P.ClH/c1-5-9-13-25(28-27(31)34-21-23-14-16-24(17-15-23)29(32)33)26(30)22-35(18-10-6-2,19-11-7-3)20-12-8-4;/h14-17,25H,5-13,18-22H2,1-4H3;1H/t25-;/m0./s1. The van der Waals surface area contributed by atoms with Gasteiger partial charge >= 0.3 is 6.09 Å². The van der Waals surface area contributed by atoms with E-state index >= 15 is 0 Å². The molecule has 0 aliphatic rings. The van der Waals surface area contributed by atoms with Gasteiger partial charge in [0.2, 0.25) is 0 Å². The predicted molar refractivity (Wildman–Crippen MR) is 146 cm³/mol. The van der Waals surface area contributed by atoms with Crippen LogP contribution in [0, 0.1) is 10.1 Å². The van der Waals surface area contributed by atoms with Crippen LogP contribution in [0.25, 0.3) is 0 Å². The summed E-state index contributed by atoms with van der Waals surface area (Å²) in [4.78, 5) is 36.5. The van der Waals surface area contributed by atoms with Crippen molar-refractivity contribution in [1.82, 2.24) is 5.32 Å². The summed E-state index contributed by atoms with van der Waals surface area (Å²) >= 11 is 0. The number of benzene rings is 1. The quantitative estimate of drug-likeness (QED) is 0.158. The average Bonchev–Trinajstić information content (AvgIpc) is 2.86. The number of rotatable bonds is 19. The lowest BCUT2D eigenvalue weighted by atomic mass is 10.1. The number of Topliss-reactive ketones (excluding diaryl/α,β-unsaturated/α-hetero) is 1. The fourth-order valence-corrected chi connectivity index (χ4v) is 9.25. The van der Waals surface area contributed by atoms with Gasteiger partial charge in [-0.3, -0.25) is 14.9 Å². The summed E-state index contributed by atoms with van der Waals surface area (Å²) in [6.07, 6.45) is 12.9. The Bertz CT molecular complexity index is 754. The number of non-ortho nitro benzene ring substituents is 1. The minimum absolute atomic E-state index is 0. The number of unbranched alkanes of at least 4 members (excludes halogenated alkanes) is 4. The van der Waals surface area contributed by atoms with Crippen molar-refractivity contribution in [1.29, 1.82) is 0 Å². The molecule has 1 aromatic carbocycles. The van der Waals surface area contributed by atoms with Crippen LogP contribution in [0.3, 0.4) is 0 Å². The molecule has 36 heavy (non-hydrogen) atoms. The zero-order chi connectivity index (χ0) is 26.1. The van der Waals surface area contributed by atoms with Crippen molar-refractivity contribution in [3.05, 3.63) is 39.9 Å². The maximum Gasteiger partial charge on any atom is 0.408 e. The predicted octanol–water partition coefficient (Wildman–Crippen LogP) is 4.37. The minimum Gasteiger partial charge on any atom is -1.00 e. The van der Waals surface area contributed by atoms with Crippen LogP contribution >= 0.6 is 7.26 Å². The van der Waals surface area contributed by atoms with Crippen molar-refractivity contribution in [2.24, 2.45) is 0 Å². The highest BCUT2D eigenvalue weighted by molar-refractivity contribution is 7.76.